The maximum atomic E-state index is 11.8. The molecule has 0 saturated carbocycles. The summed E-state index contributed by atoms with van der Waals surface area (Å²) in [5.74, 6) is 0.490. The van der Waals surface area contributed by atoms with Gasteiger partial charge in [-0.2, -0.15) is 0 Å². The highest BCUT2D eigenvalue weighted by Crippen LogP contribution is 2.35. The highest BCUT2D eigenvalue weighted by Gasteiger charge is 2.40. The number of aliphatic imine (C=N–C) groups is 1. The summed E-state index contributed by atoms with van der Waals surface area (Å²) in [7, 11) is 2.72. The summed E-state index contributed by atoms with van der Waals surface area (Å²) in [4.78, 5) is 27.3. The average Bonchev–Trinajstić information content (AvgIpc) is 3.06. The Hall–Kier alpha value is -2.22. The quantitative estimate of drug-likeness (QED) is 0.507. The van der Waals surface area contributed by atoms with Crippen LogP contribution in [-0.2, 0) is 19.1 Å². The normalized spacial score (nSPS) is 18.7. The molecule has 1 aromatic rings. The Labute approximate surface area is 163 Å². The number of aromatic hydroxyl groups is 1. The molecule has 1 aromatic carbocycles. The van der Waals surface area contributed by atoms with Gasteiger partial charge in [-0.05, 0) is 38.3 Å². The molecule has 2 rings (SSSR count). The third-order valence-corrected chi connectivity index (χ3v) is 5.48. The second-order valence-electron chi connectivity index (χ2n) is 6.39. The molecular formula is C19H25NO6S. The van der Waals surface area contributed by atoms with Gasteiger partial charge in [-0.3, -0.25) is 9.79 Å². The number of nitrogens with zero attached hydrogens (tertiary/aromatic N) is 1. The van der Waals surface area contributed by atoms with Crippen molar-refractivity contribution < 1.29 is 28.9 Å². The number of hydrogen-bond donors (Lipinski definition) is 1. The number of carbonyl (C=O) groups is 2. The van der Waals surface area contributed by atoms with Crippen molar-refractivity contribution in [2.24, 2.45) is 4.99 Å². The molecule has 1 aliphatic rings. The molecule has 148 valence electrons. The molecule has 0 saturated heterocycles. The lowest BCUT2D eigenvalue weighted by Crippen LogP contribution is -2.34. The van der Waals surface area contributed by atoms with Gasteiger partial charge in [0, 0.05) is 23.8 Å². The van der Waals surface area contributed by atoms with Crippen LogP contribution in [0.2, 0.25) is 0 Å². The molecule has 7 nitrogen and oxygen atoms in total. The maximum absolute atomic E-state index is 11.8. The van der Waals surface area contributed by atoms with Crippen LogP contribution >= 0.6 is 11.8 Å². The number of thioether (sulfide) groups is 1. The minimum atomic E-state index is -0.930. The molecule has 0 amide bonds. The molecule has 1 aliphatic heterocycles. The zero-order valence-corrected chi connectivity index (χ0v) is 16.6. The minimum absolute atomic E-state index is 0.0542. The van der Waals surface area contributed by atoms with Crippen molar-refractivity contribution in [1.29, 1.82) is 0 Å². The number of rotatable bonds is 9. The van der Waals surface area contributed by atoms with Crippen molar-refractivity contribution >= 4 is 28.7 Å². The monoisotopic (exact) mass is 395 g/mol. The van der Waals surface area contributed by atoms with E-state index in [4.69, 9.17) is 9.47 Å². The van der Waals surface area contributed by atoms with E-state index in [1.807, 2.05) is 0 Å². The number of hydrogen-bond acceptors (Lipinski definition) is 8. The second kappa shape index (κ2) is 9.64. The first-order valence-corrected chi connectivity index (χ1v) is 9.72. The third-order valence-electron chi connectivity index (χ3n) is 4.18. The number of methoxy groups -OCH3 is 2. The zero-order valence-electron chi connectivity index (χ0n) is 15.8. The molecule has 1 N–H and O–H groups in total. The second-order valence-corrected chi connectivity index (χ2v) is 7.35. The molecule has 0 unspecified atom stereocenters. The molecule has 1 atom stereocenters. The number of ether oxygens (including phenoxy) is 3. The van der Waals surface area contributed by atoms with Crippen LogP contribution in [0.25, 0.3) is 0 Å². The van der Waals surface area contributed by atoms with Crippen molar-refractivity contribution in [1.82, 2.24) is 0 Å². The summed E-state index contributed by atoms with van der Waals surface area (Å²) in [6, 6.07) is 5.04. The van der Waals surface area contributed by atoms with Crippen molar-refractivity contribution in [2.75, 3.05) is 26.6 Å². The highest BCUT2D eigenvalue weighted by atomic mass is 32.2. The number of esters is 2. The summed E-state index contributed by atoms with van der Waals surface area (Å²) in [6.07, 6.45) is 2.84. The van der Waals surface area contributed by atoms with E-state index in [2.05, 4.69) is 9.73 Å². The standard InChI is InChI=1S/C19H25NO6S/c1-19(18(23)25-3)12-27-17(20-19)14-9-8-13(11-15(14)21)26-10-6-4-5-7-16(22)24-2/h8-9,11,21H,4-7,10,12H2,1-3H3/t19-/m1/s1. The molecule has 0 fully saturated rings. The first-order valence-electron chi connectivity index (χ1n) is 8.73. The first kappa shape index (κ1) is 21.1. The topological polar surface area (TPSA) is 94.4 Å². The number of benzene rings is 1. The van der Waals surface area contributed by atoms with Crippen LogP contribution < -0.4 is 4.74 Å². The molecular weight excluding hydrogens is 370 g/mol. The molecule has 8 heteroatoms. The SMILES string of the molecule is COC(=O)CCCCCOc1ccc(C2=N[C@@](C)(C(=O)OC)CS2)c(O)c1. The Bertz CT molecular complexity index is 720. The fourth-order valence-electron chi connectivity index (χ4n) is 2.58. The summed E-state index contributed by atoms with van der Waals surface area (Å²) >= 11 is 1.41. The minimum Gasteiger partial charge on any atom is -0.507 e. The van der Waals surface area contributed by atoms with Gasteiger partial charge in [-0.25, -0.2) is 4.79 Å². The van der Waals surface area contributed by atoms with E-state index in [0.717, 1.165) is 19.3 Å². The lowest BCUT2D eigenvalue weighted by Gasteiger charge is -2.15. The Morgan fingerprint density at radius 2 is 2.00 bits per heavy atom. The van der Waals surface area contributed by atoms with Crippen molar-refractivity contribution in [3.8, 4) is 11.5 Å². The maximum Gasteiger partial charge on any atom is 0.334 e. The zero-order chi connectivity index (χ0) is 19.9. The van der Waals surface area contributed by atoms with E-state index >= 15 is 0 Å². The average molecular weight is 395 g/mol. The molecule has 1 heterocycles. The van der Waals surface area contributed by atoms with Gasteiger partial charge in [0.2, 0.25) is 0 Å². The van der Waals surface area contributed by atoms with Gasteiger partial charge in [-0.1, -0.05) is 0 Å². The van der Waals surface area contributed by atoms with Crippen LogP contribution in [0.1, 0.15) is 38.2 Å². The van der Waals surface area contributed by atoms with Gasteiger partial charge in [-0.15, -0.1) is 11.8 Å². The van der Waals surface area contributed by atoms with Crippen LogP contribution in [0.15, 0.2) is 23.2 Å². The molecule has 0 radical (unpaired) electrons. The number of phenols is 1. The Morgan fingerprint density at radius 1 is 1.22 bits per heavy atom. The largest absolute Gasteiger partial charge is 0.507 e. The fourth-order valence-corrected chi connectivity index (χ4v) is 3.78. The lowest BCUT2D eigenvalue weighted by atomic mass is 10.1. The number of carbonyl (C=O) groups excluding carboxylic acids is 2. The van der Waals surface area contributed by atoms with Gasteiger partial charge < -0.3 is 19.3 Å². The first-order chi connectivity index (χ1) is 12.9. The number of unbranched alkanes of at least 4 members (excludes halogenated alkanes) is 2. The van der Waals surface area contributed by atoms with E-state index in [9.17, 15) is 14.7 Å². The summed E-state index contributed by atoms with van der Waals surface area (Å²) in [5, 5.41) is 10.9. The smallest absolute Gasteiger partial charge is 0.334 e. The van der Waals surface area contributed by atoms with Crippen LogP contribution in [0.3, 0.4) is 0 Å². The van der Waals surface area contributed by atoms with Gasteiger partial charge in [0.05, 0.1) is 20.8 Å². The van der Waals surface area contributed by atoms with Crippen LogP contribution in [0.5, 0.6) is 11.5 Å². The van der Waals surface area contributed by atoms with Gasteiger partial charge in [0.1, 0.15) is 16.5 Å². The predicted molar refractivity (Wildman–Crippen MR) is 104 cm³/mol. The van der Waals surface area contributed by atoms with Crippen molar-refractivity contribution in [3.63, 3.8) is 0 Å². The van der Waals surface area contributed by atoms with Gasteiger partial charge in [0.25, 0.3) is 0 Å². The molecule has 0 aliphatic carbocycles. The number of phenolic OH excluding ortho intramolecular Hbond substituents is 1. The van der Waals surface area contributed by atoms with Crippen LogP contribution in [0.4, 0.5) is 0 Å². The predicted octanol–water partition coefficient (Wildman–Crippen LogP) is 2.93. The molecule has 0 aromatic heterocycles. The summed E-state index contributed by atoms with van der Waals surface area (Å²) in [6.45, 7) is 2.21. The van der Waals surface area contributed by atoms with Crippen molar-refractivity contribution in [2.45, 2.75) is 38.1 Å². The van der Waals surface area contributed by atoms with Gasteiger partial charge in [0.15, 0.2) is 5.54 Å². The van der Waals surface area contributed by atoms with Crippen molar-refractivity contribution in [3.05, 3.63) is 23.8 Å². The Balaban J connectivity index is 1.88. The molecule has 27 heavy (non-hydrogen) atoms. The Kier molecular flexibility index (Phi) is 7.53. The summed E-state index contributed by atoms with van der Waals surface area (Å²) < 4.78 is 15.0. The van der Waals surface area contributed by atoms with E-state index < -0.39 is 11.5 Å². The van der Waals surface area contributed by atoms with E-state index in [1.54, 1.807) is 25.1 Å². The molecule has 0 spiro atoms. The van der Waals surface area contributed by atoms with Crippen LogP contribution in [-0.4, -0.2) is 54.2 Å². The third kappa shape index (κ3) is 5.63. The lowest BCUT2D eigenvalue weighted by molar-refractivity contribution is -0.145. The van der Waals surface area contributed by atoms with E-state index in [1.165, 1.54) is 26.0 Å². The van der Waals surface area contributed by atoms with Crippen LogP contribution in [0, 0.1) is 0 Å². The van der Waals surface area contributed by atoms with Gasteiger partial charge >= 0.3 is 11.9 Å². The molecule has 0 bridgehead atoms. The van der Waals surface area contributed by atoms with E-state index in [-0.39, 0.29) is 11.7 Å². The fraction of sp³-hybridized carbons (Fsp3) is 0.526. The Morgan fingerprint density at radius 3 is 2.67 bits per heavy atom. The highest BCUT2D eigenvalue weighted by molar-refractivity contribution is 8.14. The van der Waals surface area contributed by atoms with E-state index in [0.29, 0.717) is 35.1 Å². The summed E-state index contributed by atoms with van der Waals surface area (Å²) in [5.41, 5.74) is -0.362.